The summed E-state index contributed by atoms with van der Waals surface area (Å²) in [7, 11) is -0.728. The lowest BCUT2D eigenvalue weighted by molar-refractivity contribution is -0.0725. The monoisotopic (exact) mass is 308 g/mol. The molecular weight excluding hydrogens is 286 g/mol. The van der Waals surface area contributed by atoms with Crippen LogP contribution in [-0.4, -0.2) is 37.6 Å². The molecule has 0 bridgehead atoms. The molecule has 6 heteroatoms. The molecule has 2 fully saturated rings. The van der Waals surface area contributed by atoms with E-state index >= 15 is 0 Å². The number of rotatable bonds is 4. The van der Waals surface area contributed by atoms with Gasteiger partial charge in [-0.25, -0.2) is 4.39 Å². The average molecular weight is 308 g/mol. The van der Waals surface area contributed by atoms with Crippen LogP contribution in [0.2, 0.25) is 0 Å². The van der Waals surface area contributed by atoms with Gasteiger partial charge in [-0.3, -0.25) is 0 Å². The summed E-state index contributed by atoms with van der Waals surface area (Å²) < 4.78 is 37.3. The Morgan fingerprint density at radius 3 is 2.41 bits per heavy atom. The van der Waals surface area contributed by atoms with Gasteiger partial charge in [-0.15, -0.1) is 0 Å². The molecule has 120 valence electrons. The predicted molar refractivity (Wildman–Crippen MR) is 82.0 cm³/mol. The molecule has 0 aliphatic carbocycles. The Kier molecular flexibility index (Phi) is 3.95. The Hall–Kier alpha value is -1.11. The summed E-state index contributed by atoms with van der Waals surface area (Å²) in [4.78, 5) is 0. The van der Waals surface area contributed by atoms with Crippen LogP contribution in [0.5, 0.6) is 5.75 Å². The Balaban J connectivity index is 1.77. The lowest BCUT2D eigenvalue weighted by atomic mass is 9.78. The van der Waals surface area contributed by atoms with E-state index in [0.29, 0.717) is 12.1 Å². The van der Waals surface area contributed by atoms with Crippen molar-refractivity contribution < 1.29 is 23.2 Å². The maximum absolute atomic E-state index is 14.7. The standard InChI is InChI=1S/C16H22BFO4/c1-15(2)16(3,4)22-17(21-15)12-6-5-7-13(14(12)18)20-10-11-8-9-19-11/h5-7,11H,8-10H2,1-4H3. The highest BCUT2D eigenvalue weighted by molar-refractivity contribution is 6.62. The van der Waals surface area contributed by atoms with Gasteiger partial charge in [0, 0.05) is 18.5 Å². The highest BCUT2D eigenvalue weighted by atomic mass is 19.1. The van der Waals surface area contributed by atoms with E-state index < -0.39 is 24.1 Å². The van der Waals surface area contributed by atoms with Gasteiger partial charge in [-0.1, -0.05) is 12.1 Å². The van der Waals surface area contributed by atoms with Gasteiger partial charge >= 0.3 is 7.12 Å². The Labute approximate surface area is 131 Å². The van der Waals surface area contributed by atoms with Gasteiger partial charge in [-0.05, 0) is 33.8 Å². The quantitative estimate of drug-likeness (QED) is 0.800. The zero-order valence-corrected chi connectivity index (χ0v) is 13.5. The second-order valence-corrected chi connectivity index (χ2v) is 6.84. The first kappa shape index (κ1) is 15.8. The average Bonchev–Trinajstić information content (AvgIpc) is 2.58. The normalized spacial score (nSPS) is 25.9. The fourth-order valence-corrected chi connectivity index (χ4v) is 2.39. The van der Waals surface area contributed by atoms with Crippen molar-refractivity contribution >= 4 is 12.6 Å². The molecular formula is C16H22BFO4. The topological polar surface area (TPSA) is 36.9 Å². The lowest BCUT2D eigenvalue weighted by Crippen LogP contribution is -2.41. The summed E-state index contributed by atoms with van der Waals surface area (Å²) in [5.41, 5.74) is -0.632. The first-order valence-electron chi connectivity index (χ1n) is 7.69. The van der Waals surface area contributed by atoms with E-state index in [-0.39, 0.29) is 11.9 Å². The van der Waals surface area contributed by atoms with E-state index in [1.165, 1.54) is 0 Å². The minimum atomic E-state index is -0.728. The van der Waals surface area contributed by atoms with Crippen molar-refractivity contribution in [3.8, 4) is 5.75 Å². The molecule has 2 aliphatic heterocycles. The first-order valence-corrected chi connectivity index (χ1v) is 7.69. The van der Waals surface area contributed by atoms with Crippen molar-refractivity contribution in [3.05, 3.63) is 24.0 Å². The van der Waals surface area contributed by atoms with E-state index in [1.54, 1.807) is 18.2 Å². The lowest BCUT2D eigenvalue weighted by Gasteiger charge is -2.32. The van der Waals surface area contributed by atoms with Crippen molar-refractivity contribution in [3.63, 3.8) is 0 Å². The number of ether oxygens (including phenoxy) is 2. The molecule has 0 saturated carbocycles. The highest BCUT2D eigenvalue weighted by Gasteiger charge is 2.52. The minimum absolute atomic E-state index is 0.0694. The molecule has 0 aromatic heterocycles. The molecule has 1 unspecified atom stereocenters. The molecule has 0 radical (unpaired) electrons. The second-order valence-electron chi connectivity index (χ2n) is 6.84. The molecule has 2 aliphatic rings. The largest absolute Gasteiger partial charge is 0.497 e. The van der Waals surface area contributed by atoms with Gasteiger partial charge < -0.3 is 18.8 Å². The van der Waals surface area contributed by atoms with Crippen LogP contribution in [0, 0.1) is 5.82 Å². The molecule has 2 heterocycles. The molecule has 2 saturated heterocycles. The van der Waals surface area contributed by atoms with Crippen molar-refractivity contribution in [2.45, 2.75) is 51.4 Å². The zero-order valence-electron chi connectivity index (χ0n) is 13.5. The van der Waals surface area contributed by atoms with E-state index in [2.05, 4.69) is 0 Å². The van der Waals surface area contributed by atoms with Crippen molar-refractivity contribution in [1.29, 1.82) is 0 Å². The third-order valence-corrected chi connectivity index (χ3v) is 4.72. The summed E-state index contributed by atoms with van der Waals surface area (Å²) in [6, 6.07) is 5.04. The summed E-state index contributed by atoms with van der Waals surface area (Å²) in [6.07, 6.45) is 1.03. The van der Waals surface area contributed by atoms with Crippen LogP contribution in [0.25, 0.3) is 0 Å². The number of halogens is 1. The van der Waals surface area contributed by atoms with Crippen molar-refractivity contribution in [1.82, 2.24) is 0 Å². The van der Waals surface area contributed by atoms with Crippen LogP contribution in [0.15, 0.2) is 18.2 Å². The van der Waals surface area contributed by atoms with E-state index in [4.69, 9.17) is 18.8 Å². The van der Waals surface area contributed by atoms with E-state index in [9.17, 15) is 4.39 Å². The summed E-state index contributed by atoms with van der Waals surface area (Å²) >= 11 is 0. The molecule has 1 aromatic rings. The molecule has 1 atom stereocenters. The maximum Gasteiger partial charge on any atom is 0.497 e. The Morgan fingerprint density at radius 2 is 1.86 bits per heavy atom. The van der Waals surface area contributed by atoms with E-state index in [0.717, 1.165) is 13.0 Å². The smallest absolute Gasteiger partial charge is 0.488 e. The molecule has 22 heavy (non-hydrogen) atoms. The fourth-order valence-electron chi connectivity index (χ4n) is 2.39. The minimum Gasteiger partial charge on any atom is -0.488 e. The number of hydrogen-bond donors (Lipinski definition) is 0. The summed E-state index contributed by atoms with van der Waals surface area (Å²) in [5.74, 6) is -0.219. The molecule has 0 amide bonds. The van der Waals surface area contributed by atoms with Gasteiger partial charge in [0.25, 0.3) is 0 Å². The van der Waals surface area contributed by atoms with Gasteiger partial charge in [0.15, 0.2) is 11.6 Å². The zero-order chi connectivity index (χ0) is 16.0. The van der Waals surface area contributed by atoms with E-state index in [1.807, 2.05) is 27.7 Å². The Bertz CT molecular complexity index is 541. The van der Waals surface area contributed by atoms with Gasteiger partial charge in [-0.2, -0.15) is 0 Å². The van der Waals surface area contributed by atoms with Gasteiger partial charge in [0.1, 0.15) is 6.61 Å². The highest BCUT2D eigenvalue weighted by Crippen LogP contribution is 2.37. The number of hydrogen-bond acceptors (Lipinski definition) is 4. The first-order chi connectivity index (χ1) is 10.3. The second kappa shape index (κ2) is 5.51. The maximum atomic E-state index is 14.7. The SMILES string of the molecule is CC1(C)OB(c2cccc(OCC3CCO3)c2F)OC1(C)C. The third kappa shape index (κ3) is 2.75. The van der Waals surface area contributed by atoms with Crippen LogP contribution < -0.4 is 10.2 Å². The Morgan fingerprint density at radius 1 is 1.23 bits per heavy atom. The summed E-state index contributed by atoms with van der Waals surface area (Å²) in [6.45, 7) is 8.89. The molecule has 0 spiro atoms. The van der Waals surface area contributed by atoms with Crippen LogP contribution in [0.3, 0.4) is 0 Å². The third-order valence-electron chi connectivity index (χ3n) is 4.72. The predicted octanol–water partition coefficient (Wildman–Crippen LogP) is 2.29. The van der Waals surface area contributed by atoms with Crippen LogP contribution in [0.1, 0.15) is 34.1 Å². The number of benzene rings is 1. The molecule has 4 nitrogen and oxygen atoms in total. The van der Waals surface area contributed by atoms with Crippen LogP contribution in [0.4, 0.5) is 4.39 Å². The molecule has 3 rings (SSSR count). The summed E-state index contributed by atoms with van der Waals surface area (Å²) in [5, 5.41) is 0. The van der Waals surface area contributed by atoms with Gasteiger partial charge in [0.2, 0.25) is 0 Å². The van der Waals surface area contributed by atoms with Crippen molar-refractivity contribution in [2.75, 3.05) is 13.2 Å². The fraction of sp³-hybridized carbons (Fsp3) is 0.625. The van der Waals surface area contributed by atoms with Crippen molar-refractivity contribution in [2.24, 2.45) is 0 Å². The van der Waals surface area contributed by atoms with Crippen LogP contribution >= 0.6 is 0 Å². The molecule has 1 aromatic carbocycles. The van der Waals surface area contributed by atoms with Crippen LogP contribution in [-0.2, 0) is 14.0 Å². The molecule has 0 N–H and O–H groups in total. The van der Waals surface area contributed by atoms with Gasteiger partial charge in [0.05, 0.1) is 17.3 Å².